The maximum absolute atomic E-state index is 11.3. The van der Waals surface area contributed by atoms with Gasteiger partial charge >= 0.3 is 5.97 Å². The van der Waals surface area contributed by atoms with Gasteiger partial charge in [-0.3, -0.25) is 4.79 Å². The van der Waals surface area contributed by atoms with Crippen molar-refractivity contribution in [3.63, 3.8) is 0 Å². The van der Waals surface area contributed by atoms with Gasteiger partial charge in [0.15, 0.2) is 0 Å². The SMILES string of the molecule is COC(=O)CC1(CSCc2cc(Cl)ccc2Cl)CC1. The third-order valence-electron chi connectivity index (χ3n) is 3.38. The van der Waals surface area contributed by atoms with Crippen LogP contribution in [0.4, 0.5) is 0 Å². The predicted octanol–water partition coefficient (Wildman–Crippen LogP) is 4.57. The van der Waals surface area contributed by atoms with Crippen LogP contribution < -0.4 is 0 Å². The highest BCUT2D eigenvalue weighted by Gasteiger charge is 2.44. The average molecular weight is 319 g/mol. The first kappa shape index (κ1) is 15.0. The number of benzene rings is 1. The van der Waals surface area contributed by atoms with Gasteiger partial charge in [0.05, 0.1) is 13.5 Å². The summed E-state index contributed by atoms with van der Waals surface area (Å²) >= 11 is 13.9. The van der Waals surface area contributed by atoms with E-state index in [-0.39, 0.29) is 11.4 Å². The van der Waals surface area contributed by atoms with E-state index in [9.17, 15) is 4.79 Å². The highest BCUT2D eigenvalue weighted by molar-refractivity contribution is 7.98. The molecule has 0 saturated heterocycles. The van der Waals surface area contributed by atoms with Crippen molar-refractivity contribution in [2.75, 3.05) is 12.9 Å². The molecule has 0 bridgehead atoms. The minimum atomic E-state index is -0.112. The topological polar surface area (TPSA) is 26.3 Å². The summed E-state index contributed by atoms with van der Waals surface area (Å²) in [6.07, 6.45) is 2.75. The molecule has 0 unspecified atom stereocenters. The largest absolute Gasteiger partial charge is 0.469 e. The molecular formula is C14H16Cl2O2S. The first-order valence-corrected chi connectivity index (χ1v) is 8.04. The summed E-state index contributed by atoms with van der Waals surface area (Å²) < 4.78 is 4.74. The van der Waals surface area contributed by atoms with Crippen LogP contribution in [0.5, 0.6) is 0 Å². The lowest BCUT2D eigenvalue weighted by Gasteiger charge is -2.13. The number of carbonyl (C=O) groups excluding carboxylic acids is 1. The molecule has 0 radical (unpaired) electrons. The molecule has 1 aliphatic carbocycles. The molecule has 0 aliphatic heterocycles. The zero-order chi connectivity index (χ0) is 13.9. The fraction of sp³-hybridized carbons (Fsp3) is 0.500. The Hall–Kier alpha value is -0.380. The Bertz CT molecular complexity index is 473. The number of thioether (sulfide) groups is 1. The molecule has 104 valence electrons. The zero-order valence-corrected chi connectivity index (χ0v) is 13.1. The van der Waals surface area contributed by atoms with Gasteiger partial charge < -0.3 is 4.74 Å². The minimum absolute atomic E-state index is 0.112. The molecule has 19 heavy (non-hydrogen) atoms. The quantitative estimate of drug-likeness (QED) is 0.719. The summed E-state index contributed by atoms with van der Waals surface area (Å²) in [6.45, 7) is 0. The number of hydrogen-bond donors (Lipinski definition) is 0. The Balaban J connectivity index is 1.83. The second-order valence-corrected chi connectivity index (χ2v) is 6.81. The third kappa shape index (κ3) is 4.30. The van der Waals surface area contributed by atoms with Crippen molar-refractivity contribution < 1.29 is 9.53 Å². The maximum Gasteiger partial charge on any atom is 0.306 e. The van der Waals surface area contributed by atoms with Gasteiger partial charge in [0, 0.05) is 15.8 Å². The van der Waals surface area contributed by atoms with Crippen molar-refractivity contribution >= 4 is 40.9 Å². The van der Waals surface area contributed by atoms with Crippen LogP contribution in [-0.4, -0.2) is 18.8 Å². The average Bonchev–Trinajstić information content (AvgIpc) is 3.13. The summed E-state index contributed by atoms with van der Waals surface area (Å²) in [5, 5.41) is 1.45. The molecule has 0 aromatic heterocycles. The molecule has 1 aromatic rings. The van der Waals surface area contributed by atoms with E-state index >= 15 is 0 Å². The lowest BCUT2D eigenvalue weighted by molar-refractivity contribution is -0.141. The molecule has 0 spiro atoms. The molecular weight excluding hydrogens is 303 g/mol. The molecule has 0 N–H and O–H groups in total. The first-order valence-electron chi connectivity index (χ1n) is 6.13. The van der Waals surface area contributed by atoms with Gasteiger partial charge in [-0.2, -0.15) is 11.8 Å². The van der Waals surface area contributed by atoms with E-state index in [0.717, 1.165) is 34.9 Å². The zero-order valence-electron chi connectivity index (χ0n) is 10.7. The Morgan fingerprint density at radius 2 is 2.16 bits per heavy atom. The summed E-state index contributed by atoms with van der Waals surface area (Å²) in [5.74, 6) is 1.67. The van der Waals surface area contributed by atoms with Crippen LogP contribution in [0, 0.1) is 5.41 Å². The van der Waals surface area contributed by atoms with Gasteiger partial charge in [-0.15, -0.1) is 0 Å². The number of methoxy groups -OCH3 is 1. The van der Waals surface area contributed by atoms with E-state index in [1.165, 1.54) is 7.11 Å². The van der Waals surface area contributed by atoms with E-state index < -0.39 is 0 Å². The number of rotatable bonds is 6. The fourth-order valence-corrected chi connectivity index (χ4v) is 3.80. The van der Waals surface area contributed by atoms with Crippen LogP contribution >= 0.6 is 35.0 Å². The second-order valence-electron chi connectivity index (χ2n) is 4.98. The smallest absolute Gasteiger partial charge is 0.306 e. The maximum atomic E-state index is 11.3. The standard InChI is InChI=1S/C14H16Cl2O2S/c1-18-13(17)7-14(4-5-14)9-19-8-10-6-11(15)2-3-12(10)16/h2-3,6H,4-5,7-9H2,1H3. The lowest BCUT2D eigenvalue weighted by atomic mass is 10.1. The molecule has 1 aliphatic rings. The van der Waals surface area contributed by atoms with Gasteiger partial charge in [0.2, 0.25) is 0 Å². The van der Waals surface area contributed by atoms with Crippen LogP contribution in [0.2, 0.25) is 10.0 Å². The van der Waals surface area contributed by atoms with Crippen LogP contribution in [0.15, 0.2) is 18.2 Å². The van der Waals surface area contributed by atoms with Crippen LogP contribution in [0.25, 0.3) is 0 Å². The third-order valence-corrected chi connectivity index (χ3v) is 5.31. The number of carbonyl (C=O) groups is 1. The summed E-state index contributed by atoms with van der Waals surface area (Å²) in [5.41, 5.74) is 1.20. The summed E-state index contributed by atoms with van der Waals surface area (Å²) in [7, 11) is 1.44. The lowest BCUT2D eigenvalue weighted by Crippen LogP contribution is -2.13. The van der Waals surface area contributed by atoms with Crippen molar-refractivity contribution in [1.82, 2.24) is 0 Å². The molecule has 0 atom stereocenters. The molecule has 2 rings (SSSR count). The second kappa shape index (κ2) is 6.38. The van der Waals surface area contributed by atoms with E-state index in [4.69, 9.17) is 27.9 Å². The van der Waals surface area contributed by atoms with Gasteiger partial charge in [0.25, 0.3) is 0 Å². The molecule has 1 fully saturated rings. The van der Waals surface area contributed by atoms with E-state index in [1.807, 2.05) is 12.1 Å². The monoisotopic (exact) mass is 318 g/mol. The van der Waals surface area contributed by atoms with Crippen molar-refractivity contribution in [3.8, 4) is 0 Å². The molecule has 0 amide bonds. The molecule has 0 heterocycles. The van der Waals surface area contributed by atoms with Crippen LogP contribution in [0.3, 0.4) is 0 Å². The van der Waals surface area contributed by atoms with Crippen molar-refractivity contribution in [3.05, 3.63) is 33.8 Å². The highest BCUT2D eigenvalue weighted by Crippen LogP contribution is 2.51. The van der Waals surface area contributed by atoms with Gasteiger partial charge in [0.1, 0.15) is 0 Å². The normalized spacial score (nSPS) is 16.2. The van der Waals surface area contributed by atoms with Gasteiger partial charge in [-0.1, -0.05) is 23.2 Å². The Morgan fingerprint density at radius 3 is 2.79 bits per heavy atom. The molecule has 1 saturated carbocycles. The highest BCUT2D eigenvalue weighted by atomic mass is 35.5. The van der Waals surface area contributed by atoms with Gasteiger partial charge in [-0.25, -0.2) is 0 Å². The van der Waals surface area contributed by atoms with E-state index in [1.54, 1.807) is 17.8 Å². The Kier molecular flexibility index (Phi) is 5.04. The molecule has 2 nitrogen and oxygen atoms in total. The van der Waals surface area contributed by atoms with E-state index in [0.29, 0.717) is 11.4 Å². The fourth-order valence-electron chi connectivity index (χ4n) is 1.96. The van der Waals surface area contributed by atoms with Crippen molar-refractivity contribution in [2.45, 2.75) is 25.0 Å². The Morgan fingerprint density at radius 1 is 1.42 bits per heavy atom. The number of ether oxygens (including phenoxy) is 1. The Labute approximate surface area is 127 Å². The van der Waals surface area contributed by atoms with Crippen molar-refractivity contribution in [1.29, 1.82) is 0 Å². The number of halogens is 2. The van der Waals surface area contributed by atoms with Crippen molar-refractivity contribution in [2.24, 2.45) is 5.41 Å². The molecule has 1 aromatic carbocycles. The molecule has 5 heteroatoms. The minimum Gasteiger partial charge on any atom is -0.469 e. The number of hydrogen-bond acceptors (Lipinski definition) is 3. The van der Waals surface area contributed by atoms with Gasteiger partial charge in [-0.05, 0) is 47.8 Å². The summed E-state index contributed by atoms with van der Waals surface area (Å²) in [4.78, 5) is 11.3. The summed E-state index contributed by atoms with van der Waals surface area (Å²) in [6, 6.07) is 5.51. The number of esters is 1. The predicted molar refractivity (Wildman–Crippen MR) is 80.9 cm³/mol. The van der Waals surface area contributed by atoms with Crippen LogP contribution in [-0.2, 0) is 15.3 Å². The van der Waals surface area contributed by atoms with E-state index in [2.05, 4.69) is 0 Å². The first-order chi connectivity index (χ1) is 9.04. The van der Waals surface area contributed by atoms with Crippen LogP contribution in [0.1, 0.15) is 24.8 Å².